The minimum Gasteiger partial charge on any atom is -0.384 e. The molecule has 0 aromatic heterocycles. The van der Waals surface area contributed by atoms with Gasteiger partial charge in [0.25, 0.3) is 0 Å². The van der Waals surface area contributed by atoms with Gasteiger partial charge in [-0.1, -0.05) is 37.5 Å². The maximum absolute atomic E-state index is 3.57. The van der Waals surface area contributed by atoms with Crippen LogP contribution in [0.2, 0.25) is 0 Å². The first kappa shape index (κ1) is 9.26. The van der Waals surface area contributed by atoms with Crippen LogP contribution in [0.4, 0.5) is 5.69 Å². The van der Waals surface area contributed by atoms with Crippen LogP contribution in [0.25, 0.3) is 0 Å². The Morgan fingerprint density at radius 1 is 1.33 bits per heavy atom. The molecule has 1 aliphatic heterocycles. The molecule has 1 aromatic rings. The number of nitrogens with one attached hydrogen (secondary N) is 1. The van der Waals surface area contributed by atoms with Gasteiger partial charge in [0.05, 0.1) is 0 Å². The second-order valence-electron chi connectivity index (χ2n) is 5.15. The largest absolute Gasteiger partial charge is 0.384 e. The standard InChI is InChI=1S/C14H19N/c1-10-4-2-7-13-12(9-15-14(10)13)8-11-5-3-6-11/h2,4,7,11-12,15H,3,5-6,8-9H2,1H3. The number of anilines is 1. The summed E-state index contributed by atoms with van der Waals surface area (Å²) in [7, 11) is 0. The summed E-state index contributed by atoms with van der Waals surface area (Å²) in [5.41, 5.74) is 4.40. The van der Waals surface area contributed by atoms with E-state index in [2.05, 4.69) is 30.4 Å². The van der Waals surface area contributed by atoms with Gasteiger partial charge in [-0.05, 0) is 30.4 Å². The molecule has 1 aromatic carbocycles. The molecular weight excluding hydrogens is 182 g/mol. The Morgan fingerprint density at radius 3 is 2.93 bits per heavy atom. The zero-order valence-electron chi connectivity index (χ0n) is 9.42. The molecule has 1 heteroatoms. The van der Waals surface area contributed by atoms with E-state index in [0.29, 0.717) is 0 Å². The molecule has 2 aliphatic rings. The van der Waals surface area contributed by atoms with Crippen LogP contribution in [0, 0.1) is 12.8 Å². The highest BCUT2D eigenvalue weighted by atomic mass is 14.9. The molecule has 1 atom stereocenters. The van der Waals surface area contributed by atoms with Crippen molar-refractivity contribution in [1.82, 2.24) is 0 Å². The summed E-state index contributed by atoms with van der Waals surface area (Å²) in [6.07, 6.45) is 5.81. The van der Waals surface area contributed by atoms with Gasteiger partial charge in [-0.2, -0.15) is 0 Å². The van der Waals surface area contributed by atoms with E-state index in [4.69, 9.17) is 0 Å². The Bertz CT molecular complexity index is 366. The van der Waals surface area contributed by atoms with Crippen molar-refractivity contribution in [2.24, 2.45) is 5.92 Å². The van der Waals surface area contributed by atoms with Crippen LogP contribution in [0.15, 0.2) is 18.2 Å². The highest BCUT2D eigenvalue weighted by Crippen LogP contribution is 2.41. The van der Waals surface area contributed by atoms with Crippen LogP contribution in [-0.4, -0.2) is 6.54 Å². The molecule has 0 saturated heterocycles. The van der Waals surface area contributed by atoms with E-state index in [1.165, 1.54) is 36.9 Å². The lowest BCUT2D eigenvalue weighted by atomic mass is 9.77. The average Bonchev–Trinajstić information content (AvgIpc) is 2.56. The number of hydrogen-bond donors (Lipinski definition) is 1. The van der Waals surface area contributed by atoms with Crippen LogP contribution >= 0.6 is 0 Å². The Kier molecular flexibility index (Phi) is 2.19. The molecule has 15 heavy (non-hydrogen) atoms. The van der Waals surface area contributed by atoms with Crippen molar-refractivity contribution in [1.29, 1.82) is 0 Å². The van der Waals surface area contributed by atoms with Crippen molar-refractivity contribution in [3.63, 3.8) is 0 Å². The molecule has 0 bridgehead atoms. The van der Waals surface area contributed by atoms with E-state index in [0.717, 1.165) is 18.4 Å². The van der Waals surface area contributed by atoms with Crippen LogP contribution in [-0.2, 0) is 0 Å². The first-order valence-corrected chi connectivity index (χ1v) is 6.18. The van der Waals surface area contributed by atoms with E-state index in [1.807, 2.05) is 0 Å². The summed E-state index contributed by atoms with van der Waals surface area (Å²) < 4.78 is 0. The molecule has 80 valence electrons. The predicted molar refractivity (Wildman–Crippen MR) is 64.4 cm³/mol. The fourth-order valence-corrected chi connectivity index (χ4v) is 2.95. The van der Waals surface area contributed by atoms with Gasteiger partial charge in [-0.15, -0.1) is 0 Å². The average molecular weight is 201 g/mol. The number of hydrogen-bond acceptors (Lipinski definition) is 1. The lowest BCUT2D eigenvalue weighted by Crippen LogP contribution is -2.16. The van der Waals surface area contributed by atoms with Crippen molar-refractivity contribution in [3.05, 3.63) is 29.3 Å². The van der Waals surface area contributed by atoms with Crippen molar-refractivity contribution in [2.75, 3.05) is 11.9 Å². The lowest BCUT2D eigenvalue weighted by molar-refractivity contribution is 0.280. The Labute approximate surface area is 91.9 Å². The number of rotatable bonds is 2. The molecule has 1 nitrogen and oxygen atoms in total. The van der Waals surface area contributed by atoms with Gasteiger partial charge in [0.15, 0.2) is 0 Å². The molecule has 0 spiro atoms. The van der Waals surface area contributed by atoms with Gasteiger partial charge in [0.2, 0.25) is 0 Å². The normalized spacial score (nSPS) is 24.5. The molecule has 0 amide bonds. The Balaban J connectivity index is 1.81. The maximum Gasteiger partial charge on any atom is 0.0406 e. The van der Waals surface area contributed by atoms with Gasteiger partial charge >= 0.3 is 0 Å². The quantitative estimate of drug-likeness (QED) is 0.769. The summed E-state index contributed by atoms with van der Waals surface area (Å²) in [6.45, 7) is 3.37. The Morgan fingerprint density at radius 2 is 2.20 bits per heavy atom. The minimum absolute atomic E-state index is 0.783. The van der Waals surface area contributed by atoms with E-state index >= 15 is 0 Å². The van der Waals surface area contributed by atoms with E-state index in [-0.39, 0.29) is 0 Å². The summed E-state index contributed by atoms with van der Waals surface area (Å²) >= 11 is 0. The number of aryl methyl sites for hydroxylation is 1. The van der Waals surface area contributed by atoms with Crippen molar-refractivity contribution >= 4 is 5.69 Å². The van der Waals surface area contributed by atoms with Crippen molar-refractivity contribution in [2.45, 2.75) is 38.5 Å². The van der Waals surface area contributed by atoms with E-state index < -0.39 is 0 Å². The Hall–Kier alpha value is -0.980. The molecule has 1 unspecified atom stereocenters. The van der Waals surface area contributed by atoms with Crippen LogP contribution in [0.5, 0.6) is 0 Å². The minimum atomic E-state index is 0.783. The molecule has 3 rings (SSSR count). The van der Waals surface area contributed by atoms with Crippen molar-refractivity contribution in [3.8, 4) is 0 Å². The van der Waals surface area contributed by atoms with Gasteiger partial charge in [-0.3, -0.25) is 0 Å². The van der Waals surface area contributed by atoms with Gasteiger partial charge < -0.3 is 5.32 Å². The smallest absolute Gasteiger partial charge is 0.0406 e. The zero-order chi connectivity index (χ0) is 10.3. The monoisotopic (exact) mass is 201 g/mol. The number of benzene rings is 1. The maximum atomic E-state index is 3.57. The molecule has 1 fully saturated rings. The topological polar surface area (TPSA) is 12.0 Å². The number of para-hydroxylation sites is 1. The fraction of sp³-hybridized carbons (Fsp3) is 0.571. The highest BCUT2D eigenvalue weighted by Gasteiger charge is 2.28. The summed E-state index contributed by atoms with van der Waals surface area (Å²) in [5.74, 6) is 1.80. The second kappa shape index (κ2) is 3.55. The zero-order valence-corrected chi connectivity index (χ0v) is 9.42. The molecule has 1 N–H and O–H groups in total. The predicted octanol–water partition coefficient (Wildman–Crippen LogP) is 3.69. The lowest BCUT2D eigenvalue weighted by Gasteiger charge is -2.28. The van der Waals surface area contributed by atoms with E-state index in [9.17, 15) is 0 Å². The third kappa shape index (κ3) is 1.54. The van der Waals surface area contributed by atoms with Gasteiger partial charge in [0.1, 0.15) is 0 Å². The highest BCUT2D eigenvalue weighted by molar-refractivity contribution is 5.62. The van der Waals surface area contributed by atoms with Crippen LogP contribution in [0.1, 0.15) is 42.7 Å². The third-order valence-corrected chi connectivity index (χ3v) is 4.11. The fourth-order valence-electron chi connectivity index (χ4n) is 2.95. The first-order chi connectivity index (χ1) is 7.34. The number of fused-ring (bicyclic) bond motifs is 1. The van der Waals surface area contributed by atoms with Crippen LogP contribution < -0.4 is 5.32 Å². The molecule has 1 heterocycles. The molecular formula is C14H19N. The summed E-state index contributed by atoms with van der Waals surface area (Å²) in [6, 6.07) is 6.72. The summed E-state index contributed by atoms with van der Waals surface area (Å²) in [5, 5.41) is 3.57. The second-order valence-corrected chi connectivity index (χ2v) is 5.15. The molecule has 1 aliphatic carbocycles. The first-order valence-electron chi connectivity index (χ1n) is 6.18. The van der Waals surface area contributed by atoms with Crippen LogP contribution in [0.3, 0.4) is 0 Å². The van der Waals surface area contributed by atoms with Gasteiger partial charge in [-0.25, -0.2) is 0 Å². The summed E-state index contributed by atoms with van der Waals surface area (Å²) in [4.78, 5) is 0. The van der Waals surface area contributed by atoms with Gasteiger partial charge in [0, 0.05) is 18.2 Å². The third-order valence-electron chi connectivity index (χ3n) is 4.11. The van der Waals surface area contributed by atoms with E-state index in [1.54, 1.807) is 5.56 Å². The molecule has 1 saturated carbocycles. The molecule has 0 radical (unpaired) electrons. The SMILES string of the molecule is Cc1cccc2c1NCC2CC1CCC1. The van der Waals surface area contributed by atoms with Crippen molar-refractivity contribution < 1.29 is 0 Å².